The summed E-state index contributed by atoms with van der Waals surface area (Å²) in [5, 5.41) is 2.75. The zero-order valence-electron chi connectivity index (χ0n) is 16.1. The summed E-state index contributed by atoms with van der Waals surface area (Å²) in [5.74, 6) is -0.253. The molecule has 0 fully saturated rings. The van der Waals surface area contributed by atoms with E-state index in [0.717, 1.165) is 5.56 Å². The summed E-state index contributed by atoms with van der Waals surface area (Å²) in [6.07, 6.45) is 0. The summed E-state index contributed by atoms with van der Waals surface area (Å²) in [5.41, 5.74) is 1.61. The third kappa shape index (κ3) is 5.89. The fourth-order valence-corrected chi connectivity index (χ4v) is 3.59. The van der Waals surface area contributed by atoms with Crippen LogP contribution in [0.3, 0.4) is 0 Å². The van der Waals surface area contributed by atoms with E-state index in [1.54, 1.807) is 26.0 Å². The first kappa shape index (κ1) is 21.1. The number of nitrogens with zero attached hydrogens (tertiary/aromatic N) is 1. The van der Waals surface area contributed by atoms with Crippen LogP contribution in [0, 0.1) is 5.92 Å². The van der Waals surface area contributed by atoms with E-state index in [0.29, 0.717) is 5.69 Å². The first-order valence-corrected chi connectivity index (χ1v) is 10.3. The van der Waals surface area contributed by atoms with Gasteiger partial charge < -0.3 is 10.2 Å². The van der Waals surface area contributed by atoms with E-state index in [2.05, 4.69) is 10.0 Å². The molecule has 1 unspecified atom stereocenters. The molecule has 27 heavy (non-hydrogen) atoms. The van der Waals surface area contributed by atoms with Gasteiger partial charge in [0.25, 0.3) is 0 Å². The molecule has 0 bridgehead atoms. The van der Waals surface area contributed by atoms with Gasteiger partial charge in [0, 0.05) is 24.2 Å². The van der Waals surface area contributed by atoms with Gasteiger partial charge in [0.15, 0.2) is 0 Å². The molecule has 2 rings (SSSR count). The van der Waals surface area contributed by atoms with Crippen molar-refractivity contribution >= 4 is 21.6 Å². The van der Waals surface area contributed by atoms with Gasteiger partial charge in [0.05, 0.1) is 4.90 Å². The molecule has 1 amide bonds. The van der Waals surface area contributed by atoms with E-state index in [1.165, 1.54) is 12.1 Å². The predicted octanol–water partition coefficient (Wildman–Crippen LogP) is 2.86. The summed E-state index contributed by atoms with van der Waals surface area (Å²) in [4.78, 5) is 13.9. The van der Waals surface area contributed by atoms with Crippen LogP contribution in [0.4, 0.5) is 5.69 Å². The molecule has 2 aromatic rings. The molecule has 2 N–H and O–H groups in total. The predicted molar refractivity (Wildman–Crippen MR) is 108 cm³/mol. The minimum Gasteiger partial charge on any atom is -0.326 e. The Morgan fingerprint density at radius 2 is 1.59 bits per heavy atom. The topological polar surface area (TPSA) is 78.5 Å². The zero-order chi connectivity index (χ0) is 20.0. The van der Waals surface area contributed by atoms with Crippen molar-refractivity contribution in [2.45, 2.75) is 24.8 Å². The van der Waals surface area contributed by atoms with Gasteiger partial charge in [-0.1, -0.05) is 44.2 Å². The van der Waals surface area contributed by atoms with Crippen LogP contribution >= 0.6 is 0 Å². The Morgan fingerprint density at radius 1 is 1.00 bits per heavy atom. The van der Waals surface area contributed by atoms with Crippen LogP contribution in [0.25, 0.3) is 0 Å². The van der Waals surface area contributed by atoms with Crippen LogP contribution in [-0.2, 0) is 14.8 Å². The molecule has 0 saturated heterocycles. The lowest BCUT2D eigenvalue weighted by atomic mass is 10.1. The zero-order valence-corrected chi connectivity index (χ0v) is 17.0. The number of carbonyl (C=O) groups excluding carboxylic acids is 1. The molecular weight excluding hydrogens is 362 g/mol. The van der Waals surface area contributed by atoms with Crippen LogP contribution in [0.1, 0.15) is 25.5 Å². The van der Waals surface area contributed by atoms with Crippen molar-refractivity contribution in [2.24, 2.45) is 5.92 Å². The van der Waals surface area contributed by atoms with Gasteiger partial charge in [-0.3, -0.25) is 4.79 Å². The van der Waals surface area contributed by atoms with Crippen LogP contribution in [0.5, 0.6) is 0 Å². The largest absolute Gasteiger partial charge is 0.326 e. The van der Waals surface area contributed by atoms with Crippen molar-refractivity contribution in [3.8, 4) is 0 Å². The Morgan fingerprint density at radius 3 is 2.11 bits per heavy atom. The van der Waals surface area contributed by atoms with Crippen molar-refractivity contribution in [1.29, 1.82) is 0 Å². The molecular formula is C20H27N3O3S. The molecule has 0 spiro atoms. The van der Waals surface area contributed by atoms with E-state index < -0.39 is 10.0 Å². The smallest absolute Gasteiger partial charge is 0.240 e. The van der Waals surface area contributed by atoms with E-state index in [9.17, 15) is 13.2 Å². The lowest BCUT2D eigenvalue weighted by Crippen LogP contribution is -2.34. The highest BCUT2D eigenvalue weighted by Gasteiger charge is 2.19. The number of anilines is 1. The number of hydrogen-bond donors (Lipinski definition) is 2. The van der Waals surface area contributed by atoms with Gasteiger partial charge in [-0.05, 0) is 43.9 Å². The Balaban J connectivity index is 2.08. The number of carbonyl (C=O) groups is 1. The number of hydrogen-bond acceptors (Lipinski definition) is 4. The fourth-order valence-electron chi connectivity index (χ4n) is 2.55. The maximum absolute atomic E-state index is 12.6. The van der Waals surface area contributed by atoms with E-state index in [4.69, 9.17) is 0 Å². The highest BCUT2D eigenvalue weighted by Crippen LogP contribution is 2.19. The second-order valence-electron chi connectivity index (χ2n) is 6.91. The third-order valence-corrected chi connectivity index (χ3v) is 5.67. The van der Waals surface area contributed by atoms with Crippen LogP contribution in [0.2, 0.25) is 0 Å². The molecule has 0 radical (unpaired) electrons. The second kappa shape index (κ2) is 9.12. The van der Waals surface area contributed by atoms with Crippen LogP contribution in [-0.4, -0.2) is 39.9 Å². The van der Waals surface area contributed by atoms with Gasteiger partial charge >= 0.3 is 0 Å². The lowest BCUT2D eigenvalue weighted by Gasteiger charge is -2.25. The van der Waals surface area contributed by atoms with Gasteiger partial charge in [0.1, 0.15) is 0 Å². The number of benzene rings is 2. The maximum Gasteiger partial charge on any atom is 0.240 e. The first-order chi connectivity index (χ1) is 12.7. The fraction of sp³-hybridized carbons (Fsp3) is 0.350. The van der Waals surface area contributed by atoms with Gasteiger partial charge in [-0.25, -0.2) is 13.1 Å². The summed E-state index contributed by atoms with van der Waals surface area (Å²) in [6.45, 7) is 3.85. The minimum absolute atomic E-state index is 0.0782. The molecule has 0 aliphatic carbocycles. The molecule has 6 nitrogen and oxygen atoms in total. The summed E-state index contributed by atoms with van der Waals surface area (Å²) < 4.78 is 27.9. The number of sulfonamides is 1. The van der Waals surface area contributed by atoms with Crippen molar-refractivity contribution in [2.75, 3.05) is 26.0 Å². The van der Waals surface area contributed by atoms with Gasteiger partial charge in [0.2, 0.25) is 15.9 Å². The quantitative estimate of drug-likeness (QED) is 0.728. The highest BCUT2D eigenvalue weighted by molar-refractivity contribution is 7.89. The molecule has 0 saturated carbocycles. The van der Waals surface area contributed by atoms with Gasteiger partial charge in [-0.15, -0.1) is 0 Å². The van der Waals surface area contributed by atoms with E-state index in [-0.39, 0.29) is 29.3 Å². The van der Waals surface area contributed by atoms with Crippen LogP contribution < -0.4 is 10.0 Å². The molecule has 146 valence electrons. The summed E-state index contributed by atoms with van der Waals surface area (Å²) in [7, 11) is 0.182. The number of rotatable bonds is 8. The van der Waals surface area contributed by atoms with Crippen molar-refractivity contribution < 1.29 is 13.2 Å². The number of likely N-dealkylation sites (N-methyl/N-ethyl adjacent to an activating group) is 1. The SMILES string of the molecule is CC(C)C(=O)Nc1ccc(S(=O)(=O)NCC(c2ccccc2)N(C)C)cc1. The minimum atomic E-state index is -3.65. The number of amides is 1. The Labute approximate surface area is 161 Å². The Bertz CT molecular complexity index is 848. The molecule has 7 heteroatoms. The van der Waals surface area contributed by atoms with Crippen molar-refractivity contribution in [3.05, 3.63) is 60.2 Å². The monoisotopic (exact) mass is 389 g/mol. The van der Waals surface area contributed by atoms with E-state index in [1.807, 2.05) is 49.3 Å². The Kier molecular flexibility index (Phi) is 7.12. The molecule has 0 aromatic heterocycles. The molecule has 0 heterocycles. The summed E-state index contributed by atoms with van der Waals surface area (Å²) >= 11 is 0. The van der Waals surface area contributed by atoms with Gasteiger partial charge in [-0.2, -0.15) is 0 Å². The first-order valence-electron chi connectivity index (χ1n) is 8.82. The molecule has 0 aliphatic rings. The summed E-state index contributed by atoms with van der Waals surface area (Å²) in [6, 6.07) is 15.8. The average Bonchev–Trinajstić information content (AvgIpc) is 2.62. The van der Waals surface area contributed by atoms with Crippen LogP contribution in [0.15, 0.2) is 59.5 Å². The van der Waals surface area contributed by atoms with E-state index >= 15 is 0 Å². The molecule has 1 atom stereocenters. The highest BCUT2D eigenvalue weighted by atomic mass is 32.2. The second-order valence-corrected chi connectivity index (χ2v) is 8.68. The van der Waals surface area contributed by atoms with Crippen molar-refractivity contribution in [1.82, 2.24) is 9.62 Å². The maximum atomic E-state index is 12.6. The van der Waals surface area contributed by atoms with Crippen molar-refractivity contribution in [3.63, 3.8) is 0 Å². The average molecular weight is 390 g/mol. The number of nitrogens with one attached hydrogen (secondary N) is 2. The standard InChI is InChI=1S/C20H27N3O3S/c1-15(2)20(24)22-17-10-12-18(13-11-17)27(25,26)21-14-19(23(3)4)16-8-6-5-7-9-16/h5-13,15,19,21H,14H2,1-4H3,(H,22,24). The molecule has 0 aliphatic heterocycles. The normalized spacial score (nSPS) is 13.0. The third-order valence-electron chi connectivity index (χ3n) is 4.23. The lowest BCUT2D eigenvalue weighted by molar-refractivity contribution is -0.118. The Hall–Kier alpha value is -2.22. The molecule has 2 aromatic carbocycles.